The summed E-state index contributed by atoms with van der Waals surface area (Å²) in [6.45, 7) is 0. The van der Waals surface area contributed by atoms with Gasteiger partial charge in [0.2, 0.25) is 0 Å². The summed E-state index contributed by atoms with van der Waals surface area (Å²) in [5.41, 5.74) is 0. The van der Waals surface area contributed by atoms with Crippen molar-refractivity contribution in [2.75, 3.05) is 0 Å². The monoisotopic (exact) mass is 202 g/mol. The fourth-order valence-electron chi connectivity index (χ4n) is 0.279. The summed E-state index contributed by atoms with van der Waals surface area (Å²) in [6.07, 6.45) is 4.43. The smallest absolute Gasteiger partial charge is 0.328 e. The second kappa shape index (κ2) is 6.92. The molecule has 0 unspecified atom stereocenters. The second-order valence-corrected chi connectivity index (χ2v) is 2.19. The van der Waals surface area contributed by atoms with Gasteiger partial charge < -0.3 is 10.2 Å². The molecule has 0 atom stereocenters. The Morgan fingerprint density at radius 1 is 1.08 bits per heavy atom. The number of carbonyl (C=O) groups is 2. The normalized spacial score (nSPS) is 8.92. The average Bonchev–Trinajstić information content (AvgIpc) is 2.57. The molecule has 0 aromatic carbocycles. The molecule has 1 heterocycles. The Kier molecular flexibility index (Phi) is 5.98. The maximum Gasteiger partial charge on any atom is 0.328 e. The molecular formula is C6H6N2O4S. The average molecular weight is 202 g/mol. The minimum atomic E-state index is -1.26. The van der Waals surface area contributed by atoms with Crippen LogP contribution in [0.2, 0.25) is 0 Å². The van der Waals surface area contributed by atoms with Gasteiger partial charge in [-0.05, 0) is 0 Å². The van der Waals surface area contributed by atoms with Crippen LogP contribution in [0.4, 0.5) is 0 Å². The molecule has 70 valence electrons. The van der Waals surface area contributed by atoms with Gasteiger partial charge in [-0.25, -0.2) is 9.59 Å². The first-order chi connectivity index (χ1) is 6.13. The zero-order valence-corrected chi connectivity index (χ0v) is 7.14. The predicted molar refractivity (Wildman–Crippen MR) is 44.3 cm³/mol. The molecule has 13 heavy (non-hydrogen) atoms. The first-order valence-corrected chi connectivity index (χ1v) is 3.71. The lowest BCUT2D eigenvalue weighted by molar-refractivity contribution is -0.134. The van der Waals surface area contributed by atoms with Crippen LogP contribution in [0, 0.1) is 0 Å². The Bertz CT molecular complexity index is 250. The molecule has 1 aromatic rings. The summed E-state index contributed by atoms with van der Waals surface area (Å²) >= 11 is 1.21. The van der Waals surface area contributed by atoms with E-state index >= 15 is 0 Å². The van der Waals surface area contributed by atoms with Crippen LogP contribution in [-0.4, -0.2) is 30.9 Å². The van der Waals surface area contributed by atoms with E-state index in [0.717, 1.165) is 0 Å². The van der Waals surface area contributed by atoms with Crippen molar-refractivity contribution in [1.82, 2.24) is 8.75 Å². The summed E-state index contributed by atoms with van der Waals surface area (Å²) in [5.74, 6) is -2.51. The van der Waals surface area contributed by atoms with Crippen LogP contribution in [0.1, 0.15) is 0 Å². The molecule has 0 aliphatic rings. The van der Waals surface area contributed by atoms with Gasteiger partial charge in [0, 0.05) is 12.2 Å². The number of nitrogens with zero attached hydrogens (tertiary/aromatic N) is 2. The Morgan fingerprint density at radius 2 is 1.46 bits per heavy atom. The SMILES string of the molecule is O=C(O)C=CC(=O)O.c1cnsn1. The van der Waals surface area contributed by atoms with Crippen molar-refractivity contribution in [3.8, 4) is 0 Å². The molecule has 0 bridgehead atoms. The molecule has 0 saturated heterocycles. The van der Waals surface area contributed by atoms with Crippen LogP contribution < -0.4 is 0 Å². The summed E-state index contributed by atoms with van der Waals surface area (Å²) < 4.78 is 7.31. The van der Waals surface area contributed by atoms with E-state index in [9.17, 15) is 9.59 Å². The summed E-state index contributed by atoms with van der Waals surface area (Å²) in [6, 6.07) is 0. The molecule has 0 amide bonds. The lowest BCUT2D eigenvalue weighted by atomic mass is 10.5. The molecule has 7 heteroatoms. The van der Waals surface area contributed by atoms with Gasteiger partial charge in [-0.1, -0.05) is 0 Å². The number of aromatic nitrogens is 2. The molecule has 6 nitrogen and oxygen atoms in total. The first kappa shape index (κ1) is 11.2. The van der Waals surface area contributed by atoms with Crippen molar-refractivity contribution in [3.05, 3.63) is 24.5 Å². The summed E-state index contributed by atoms with van der Waals surface area (Å²) in [7, 11) is 0. The van der Waals surface area contributed by atoms with Gasteiger partial charge in [0.15, 0.2) is 0 Å². The zero-order valence-electron chi connectivity index (χ0n) is 6.32. The minimum absolute atomic E-state index is 0.558. The number of rotatable bonds is 2. The van der Waals surface area contributed by atoms with Crippen molar-refractivity contribution in [3.63, 3.8) is 0 Å². The van der Waals surface area contributed by atoms with Crippen molar-refractivity contribution in [1.29, 1.82) is 0 Å². The molecule has 0 spiro atoms. The maximum atomic E-state index is 9.55. The van der Waals surface area contributed by atoms with Crippen LogP contribution in [0.25, 0.3) is 0 Å². The Hall–Kier alpha value is -1.76. The first-order valence-electron chi connectivity index (χ1n) is 2.98. The van der Waals surface area contributed by atoms with E-state index in [1.54, 1.807) is 12.4 Å². The van der Waals surface area contributed by atoms with Crippen molar-refractivity contribution in [2.45, 2.75) is 0 Å². The number of carboxylic acids is 2. The Morgan fingerprint density at radius 3 is 1.62 bits per heavy atom. The van der Waals surface area contributed by atoms with E-state index in [4.69, 9.17) is 10.2 Å². The Labute approximate surface area is 77.5 Å². The lowest BCUT2D eigenvalue weighted by Crippen LogP contribution is -1.91. The van der Waals surface area contributed by atoms with Crippen LogP contribution in [0.15, 0.2) is 24.5 Å². The highest BCUT2D eigenvalue weighted by atomic mass is 32.1. The highest BCUT2D eigenvalue weighted by Crippen LogP contribution is 1.74. The summed E-state index contributed by atoms with van der Waals surface area (Å²) in [4.78, 5) is 19.1. The quantitative estimate of drug-likeness (QED) is 0.666. The van der Waals surface area contributed by atoms with Gasteiger partial charge in [0.1, 0.15) is 0 Å². The van der Waals surface area contributed by atoms with Crippen molar-refractivity contribution >= 4 is 23.7 Å². The molecule has 0 aliphatic carbocycles. The molecular weight excluding hydrogens is 196 g/mol. The minimum Gasteiger partial charge on any atom is -0.478 e. The largest absolute Gasteiger partial charge is 0.478 e. The number of hydrogen-bond acceptors (Lipinski definition) is 5. The van der Waals surface area contributed by atoms with E-state index in [1.807, 2.05) is 0 Å². The molecule has 0 aliphatic heterocycles. The fraction of sp³-hybridized carbons (Fsp3) is 0. The van der Waals surface area contributed by atoms with Crippen LogP contribution in [0.5, 0.6) is 0 Å². The van der Waals surface area contributed by atoms with Gasteiger partial charge in [0.25, 0.3) is 0 Å². The molecule has 1 rings (SSSR count). The zero-order chi connectivity index (χ0) is 10.1. The van der Waals surface area contributed by atoms with E-state index in [1.165, 1.54) is 11.7 Å². The molecule has 1 aromatic heterocycles. The predicted octanol–water partition coefficient (Wildman–Crippen LogP) is 0.250. The van der Waals surface area contributed by atoms with Gasteiger partial charge in [-0.15, -0.1) is 0 Å². The van der Waals surface area contributed by atoms with E-state index in [-0.39, 0.29) is 0 Å². The second-order valence-electron chi connectivity index (χ2n) is 1.60. The van der Waals surface area contributed by atoms with Crippen molar-refractivity contribution < 1.29 is 19.8 Å². The number of aliphatic carboxylic acids is 2. The van der Waals surface area contributed by atoms with Gasteiger partial charge in [-0.3, -0.25) is 0 Å². The lowest BCUT2D eigenvalue weighted by Gasteiger charge is -1.74. The standard InChI is InChI=1S/C4H4O4.C2H2N2S/c5-3(6)1-2-4(7)8;1-2-4-5-3-1/h1-2H,(H,5,6)(H,7,8);1-2H. The highest BCUT2D eigenvalue weighted by molar-refractivity contribution is 6.98. The molecule has 0 radical (unpaired) electrons. The van der Waals surface area contributed by atoms with Gasteiger partial charge >= 0.3 is 11.9 Å². The van der Waals surface area contributed by atoms with Crippen LogP contribution >= 0.6 is 11.7 Å². The third-order valence-electron chi connectivity index (χ3n) is 0.651. The fourth-order valence-corrected chi connectivity index (χ4v) is 0.551. The third-order valence-corrected chi connectivity index (χ3v) is 1.08. The maximum absolute atomic E-state index is 9.55. The third kappa shape index (κ3) is 10.2. The molecule has 0 fully saturated rings. The van der Waals surface area contributed by atoms with E-state index < -0.39 is 11.9 Å². The van der Waals surface area contributed by atoms with E-state index in [2.05, 4.69) is 8.75 Å². The topological polar surface area (TPSA) is 100 Å². The summed E-state index contributed by atoms with van der Waals surface area (Å²) in [5, 5.41) is 15.6. The van der Waals surface area contributed by atoms with Gasteiger partial charge in [-0.2, -0.15) is 8.75 Å². The molecule has 2 N–H and O–H groups in total. The van der Waals surface area contributed by atoms with Gasteiger partial charge in [0.05, 0.1) is 24.1 Å². The van der Waals surface area contributed by atoms with Crippen molar-refractivity contribution in [2.24, 2.45) is 0 Å². The number of hydrogen-bond donors (Lipinski definition) is 2. The van der Waals surface area contributed by atoms with Crippen LogP contribution in [-0.2, 0) is 9.59 Å². The Balaban J connectivity index is 0.000000243. The molecule has 0 saturated carbocycles. The highest BCUT2D eigenvalue weighted by Gasteiger charge is 1.88. The van der Waals surface area contributed by atoms with E-state index in [0.29, 0.717) is 12.2 Å². The number of carboxylic acid groups (broad SMARTS) is 2. The van der Waals surface area contributed by atoms with Crippen LogP contribution in [0.3, 0.4) is 0 Å².